The lowest BCUT2D eigenvalue weighted by Crippen LogP contribution is -2.58. The van der Waals surface area contributed by atoms with Crippen LogP contribution in [-0.4, -0.2) is 83.3 Å². The van der Waals surface area contributed by atoms with E-state index in [9.17, 15) is 14.4 Å². The number of likely N-dealkylation sites (N-methyl/N-ethyl adjacent to an activating group) is 1. The molecule has 0 radical (unpaired) electrons. The minimum atomic E-state index is -0.455. The van der Waals surface area contributed by atoms with Crippen molar-refractivity contribution in [2.24, 2.45) is 0 Å². The molecule has 226 valence electrons. The standard InChI is InChI=1S/C33H37N3O6S/c1-2-35-21-31(38)34-29-20-36(33(40)25-9-11-28(12-10-25)43-16-15-37)14-13-30(29)41-22-24-6-4-8-27(18-24)42-26-7-3-5-23(17-26)19-32(35)39/h3-12,17-18,29-30,37H,2,13-16,19-22H2,1H3,(H,34,38)/t29-,30-/m0/s1. The summed E-state index contributed by atoms with van der Waals surface area (Å²) in [7, 11) is 0. The molecule has 10 heteroatoms. The van der Waals surface area contributed by atoms with E-state index >= 15 is 0 Å². The molecule has 2 aliphatic rings. The lowest BCUT2D eigenvalue weighted by molar-refractivity contribution is -0.136. The van der Waals surface area contributed by atoms with Gasteiger partial charge in [-0.1, -0.05) is 24.3 Å². The van der Waals surface area contributed by atoms with Crippen LogP contribution in [0.15, 0.2) is 77.7 Å². The highest BCUT2D eigenvalue weighted by Crippen LogP contribution is 2.26. The zero-order valence-corrected chi connectivity index (χ0v) is 25.1. The molecule has 2 aliphatic heterocycles. The van der Waals surface area contributed by atoms with E-state index in [-0.39, 0.29) is 49.9 Å². The highest BCUT2D eigenvalue weighted by atomic mass is 32.2. The Morgan fingerprint density at radius 2 is 1.74 bits per heavy atom. The number of hydrogen-bond donors (Lipinski definition) is 2. The third kappa shape index (κ3) is 8.16. The third-order valence-electron chi connectivity index (χ3n) is 7.57. The number of piperidine rings is 1. The lowest BCUT2D eigenvalue weighted by atomic mass is 10.0. The van der Waals surface area contributed by atoms with Gasteiger partial charge in [0.25, 0.3) is 5.91 Å². The summed E-state index contributed by atoms with van der Waals surface area (Å²) in [5.41, 5.74) is 2.28. The molecule has 0 aliphatic carbocycles. The fraction of sp³-hybridized carbons (Fsp3) is 0.364. The number of fused-ring (bicyclic) bond motifs is 5. The Labute approximate surface area is 256 Å². The number of likely N-dealkylation sites (tertiary alicyclic amines) is 1. The first-order valence-corrected chi connectivity index (χ1v) is 15.6. The molecule has 2 N–H and O–H groups in total. The molecular weight excluding hydrogens is 566 g/mol. The number of thioether (sulfide) groups is 1. The first-order chi connectivity index (χ1) is 20.9. The Morgan fingerprint density at radius 3 is 2.47 bits per heavy atom. The summed E-state index contributed by atoms with van der Waals surface area (Å²) in [6.45, 7) is 3.31. The zero-order chi connectivity index (χ0) is 30.2. The van der Waals surface area contributed by atoms with Gasteiger partial charge in [0, 0.05) is 35.8 Å². The van der Waals surface area contributed by atoms with Crippen LogP contribution in [0.4, 0.5) is 0 Å². The van der Waals surface area contributed by atoms with Gasteiger partial charge in [-0.25, -0.2) is 0 Å². The van der Waals surface area contributed by atoms with Crippen LogP contribution in [0.5, 0.6) is 11.5 Å². The number of nitrogens with one attached hydrogen (secondary N) is 1. The summed E-state index contributed by atoms with van der Waals surface area (Å²) in [5.74, 6) is 1.31. The number of hydrogen-bond acceptors (Lipinski definition) is 7. The van der Waals surface area contributed by atoms with Crippen LogP contribution in [0.3, 0.4) is 0 Å². The number of aliphatic hydroxyl groups excluding tert-OH is 1. The molecule has 3 aromatic carbocycles. The van der Waals surface area contributed by atoms with Gasteiger partial charge in [-0.15, -0.1) is 11.8 Å². The van der Waals surface area contributed by atoms with Gasteiger partial charge < -0.3 is 29.7 Å². The SMILES string of the molecule is CCN1CC(=O)N[C@H]2CN(C(=O)c3ccc(SCCO)cc3)CC[C@@H]2OCc2cccc(c2)Oc2cccc(c2)CC1=O. The maximum atomic E-state index is 13.4. The summed E-state index contributed by atoms with van der Waals surface area (Å²) >= 11 is 1.53. The second-order valence-corrected chi connectivity index (χ2v) is 11.8. The van der Waals surface area contributed by atoms with Crippen molar-refractivity contribution in [2.45, 2.75) is 43.4 Å². The molecule has 1 fully saturated rings. The number of benzene rings is 3. The number of rotatable bonds is 5. The Bertz CT molecular complexity index is 1430. The smallest absolute Gasteiger partial charge is 0.253 e. The molecule has 5 rings (SSSR count). The summed E-state index contributed by atoms with van der Waals surface area (Å²) < 4.78 is 12.5. The largest absolute Gasteiger partial charge is 0.457 e. The van der Waals surface area contributed by atoms with E-state index in [1.807, 2.05) is 67.6 Å². The number of nitrogens with zero attached hydrogens (tertiary/aromatic N) is 2. The summed E-state index contributed by atoms with van der Waals surface area (Å²) in [6.07, 6.45) is 0.360. The van der Waals surface area contributed by atoms with E-state index in [1.54, 1.807) is 17.0 Å². The molecule has 0 spiro atoms. The molecule has 2 atom stereocenters. The predicted octanol–water partition coefficient (Wildman–Crippen LogP) is 3.88. The molecule has 0 aromatic heterocycles. The average Bonchev–Trinajstić information content (AvgIpc) is 3.02. The van der Waals surface area contributed by atoms with E-state index in [2.05, 4.69) is 5.32 Å². The molecule has 3 aromatic rings. The van der Waals surface area contributed by atoms with Gasteiger partial charge in [0.2, 0.25) is 11.8 Å². The summed E-state index contributed by atoms with van der Waals surface area (Å²) in [4.78, 5) is 44.1. The third-order valence-corrected chi connectivity index (χ3v) is 8.56. The van der Waals surface area contributed by atoms with Crippen molar-refractivity contribution in [3.63, 3.8) is 0 Å². The quantitative estimate of drug-likeness (QED) is 0.426. The Hall–Kier alpha value is -3.86. The predicted molar refractivity (Wildman–Crippen MR) is 164 cm³/mol. The van der Waals surface area contributed by atoms with Crippen LogP contribution in [0.2, 0.25) is 0 Å². The van der Waals surface area contributed by atoms with E-state index in [4.69, 9.17) is 14.6 Å². The molecule has 2 heterocycles. The van der Waals surface area contributed by atoms with Crippen LogP contribution < -0.4 is 10.1 Å². The van der Waals surface area contributed by atoms with Crippen molar-refractivity contribution >= 4 is 29.5 Å². The Kier molecular flexibility index (Phi) is 10.3. The highest BCUT2D eigenvalue weighted by molar-refractivity contribution is 7.99. The van der Waals surface area contributed by atoms with Crippen LogP contribution in [0.1, 0.15) is 34.8 Å². The van der Waals surface area contributed by atoms with Crippen LogP contribution in [-0.2, 0) is 27.4 Å². The molecule has 3 amide bonds. The number of amides is 3. The van der Waals surface area contributed by atoms with Gasteiger partial charge in [-0.2, -0.15) is 0 Å². The van der Waals surface area contributed by atoms with E-state index in [0.717, 1.165) is 16.0 Å². The fourth-order valence-corrected chi connectivity index (χ4v) is 5.99. The second kappa shape index (κ2) is 14.5. The number of carbonyl (C=O) groups is 3. The minimum Gasteiger partial charge on any atom is -0.457 e. The van der Waals surface area contributed by atoms with Crippen molar-refractivity contribution in [3.05, 3.63) is 89.5 Å². The highest BCUT2D eigenvalue weighted by Gasteiger charge is 2.34. The zero-order valence-electron chi connectivity index (χ0n) is 24.2. The van der Waals surface area contributed by atoms with Gasteiger partial charge in [-0.05, 0) is 73.0 Å². The maximum absolute atomic E-state index is 13.4. The van der Waals surface area contributed by atoms with Crippen molar-refractivity contribution in [1.29, 1.82) is 0 Å². The van der Waals surface area contributed by atoms with E-state index in [1.165, 1.54) is 16.7 Å². The molecule has 4 bridgehead atoms. The number of ether oxygens (including phenoxy) is 2. The molecule has 9 nitrogen and oxygen atoms in total. The van der Waals surface area contributed by atoms with E-state index in [0.29, 0.717) is 48.9 Å². The van der Waals surface area contributed by atoms with Gasteiger partial charge in [0.1, 0.15) is 11.5 Å². The minimum absolute atomic E-state index is 0.0869. The van der Waals surface area contributed by atoms with Crippen molar-refractivity contribution < 1.29 is 29.0 Å². The van der Waals surface area contributed by atoms with Gasteiger partial charge in [-0.3, -0.25) is 14.4 Å². The van der Waals surface area contributed by atoms with Crippen LogP contribution >= 0.6 is 11.8 Å². The number of aliphatic hydroxyl groups is 1. The first-order valence-electron chi connectivity index (χ1n) is 14.6. The second-order valence-electron chi connectivity index (χ2n) is 10.6. The lowest BCUT2D eigenvalue weighted by Gasteiger charge is -2.39. The van der Waals surface area contributed by atoms with Crippen LogP contribution in [0.25, 0.3) is 0 Å². The van der Waals surface area contributed by atoms with E-state index < -0.39 is 6.04 Å². The Morgan fingerprint density at radius 1 is 1.02 bits per heavy atom. The van der Waals surface area contributed by atoms with Crippen molar-refractivity contribution in [1.82, 2.24) is 15.1 Å². The molecular formula is C33H37N3O6S. The van der Waals surface area contributed by atoms with Crippen molar-refractivity contribution in [2.75, 3.05) is 38.5 Å². The molecule has 0 unspecified atom stereocenters. The number of carbonyl (C=O) groups excluding carboxylic acids is 3. The molecule has 43 heavy (non-hydrogen) atoms. The summed E-state index contributed by atoms with van der Waals surface area (Å²) in [6, 6.07) is 22.0. The van der Waals surface area contributed by atoms with Gasteiger partial charge in [0.05, 0.1) is 38.3 Å². The average molecular weight is 604 g/mol. The monoisotopic (exact) mass is 603 g/mol. The molecule has 0 saturated carbocycles. The van der Waals surface area contributed by atoms with Crippen molar-refractivity contribution in [3.8, 4) is 11.5 Å². The fourth-order valence-electron chi connectivity index (χ4n) is 5.34. The van der Waals surface area contributed by atoms with Crippen LogP contribution in [0, 0.1) is 0 Å². The first kappa shape index (κ1) is 30.6. The van der Waals surface area contributed by atoms with Gasteiger partial charge in [0.15, 0.2) is 0 Å². The Balaban J connectivity index is 1.35. The van der Waals surface area contributed by atoms with Gasteiger partial charge >= 0.3 is 0 Å². The molecule has 1 saturated heterocycles. The summed E-state index contributed by atoms with van der Waals surface area (Å²) in [5, 5.41) is 12.1. The topological polar surface area (TPSA) is 108 Å². The normalized spacial score (nSPS) is 19.6. The maximum Gasteiger partial charge on any atom is 0.253 e.